The molecule has 0 aromatic carbocycles. The maximum Gasteiger partial charge on any atom is 0.278 e. The molecule has 1 fully saturated rings. The van der Waals surface area contributed by atoms with E-state index in [-0.39, 0.29) is 23.1 Å². The first-order chi connectivity index (χ1) is 11.5. The molecule has 0 spiro atoms. The van der Waals surface area contributed by atoms with Gasteiger partial charge in [-0.1, -0.05) is 6.07 Å². The van der Waals surface area contributed by atoms with Crippen LogP contribution in [0.2, 0.25) is 0 Å². The number of nitrogens with one attached hydrogen (secondary N) is 2. The fourth-order valence-corrected chi connectivity index (χ4v) is 3.42. The van der Waals surface area contributed by atoms with Crippen molar-refractivity contribution >= 4 is 23.2 Å². The van der Waals surface area contributed by atoms with E-state index >= 15 is 0 Å². The van der Waals surface area contributed by atoms with Crippen molar-refractivity contribution < 1.29 is 9.59 Å². The minimum absolute atomic E-state index is 0.0527. The van der Waals surface area contributed by atoms with Crippen LogP contribution in [0.3, 0.4) is 0 Å². The van der Waals surface area contributed by atoms with Gasteiger partial charge in [-0.05, 0) is 24.8 Å². The van der Waals surface area contributed by atoms with Gasteiger partial charge in [-0.15, -0.1) is 11.3 Å². The molecule has 2 amide bonds. The first-order valence-corrected chi connectivity index (χ1v) is 8.58. The number of hydrogen-bond acceptors (Lipinski definition) is 5. The fourth-order valence-electron chi connectivity index (χ4n) is 2.71. The van der Waals surface area contributed by atoms with Crippen LogP contribution in [-0.2, 0) is 11.2 Å². The molecule has 0 saturated carbocycles. The van der Waals surface area contributed by atoms with E-state index in [1.165, 1.54) is 6.07 Å². The topological polar surface area (TPSA) is 95.2 Å². The van der Waals surface area contributed by atoms with Crippen molar-refractivity contribution in [3.8, 4) is 0 Å². The summed E-state index contributed by atoms with van der Waals surface area (Å²) < 4.78 is 0. The molecule has 2 aromatic heterocycles. The molecular formula is C16H18N4O3S. The Kier molecular flexibility index (Phi) is 4.75. The Labute approximate surface area is 142 Å². The van der Waals surface area contributed by atoms with Crippen molar-refractivity contribution in [3.05, 3.63) is 50.1 Å². The Hall–Kier alpha value is -2.48. The van der Waals surface area contributed by atoms with Gasteiger partial charge in [0.15, 0.2) is 5.69 Å². The van der Waals surface area contributed by atoms with E-state index in [1.807, 2.05) is 17.5 Å². The van der Waals surface area contributed by atoms with Gasteiger partial charge in [0.2, 0.25) is 11.3 Å². The molecule has 1 saturated heterocycles. The predicted molar refractivity (Wildman–Crippen MR) is 90.1 cm³/mol. The number of nitrogens with zero attached hydrogens (tertiary/aromatic N) is 2. The lowest BCUT2D eigenvalue weighted by Gasteiger charge is -2.16. The maximum atomic E-state index is 12.4. The van der Waals surface area contributed by atoms with Gasteiger partial charge in [0, 0.05) is 35.8 Å². The van der Waals surface area contributed by atoms with Crippen molar-refractivity contribution in [1.82, 2.24) is 20.4 Å². The Balaban J connectivity index is 1.57. The van der Waals surface area contributed by atoms with Crippen LogP contribution in [0.1, 0.15) is 27.5 Å². The summed E-state index contributed by atoms with van der Waals surface area (Å²) in [5, 5.41) is 11.4. The Morgan fingerprint density at radius 1 is 1.50 bits per heavy atom. The Morgan fingerprint density at radius 2 is 2.33 bits per heavy atom. The van der Waals surface area contributed by atoms with Gasteiger partial charge in [0.1, 0.15) is 0 Å². The van der Waals surface area contributed by atoms with Crippen LogP contribution < -0.4 is 10.7 Å². The van der Waals surface area contributed by atoms with Crippen molar-refractivity contribution in [2.24, 2.45) is 0 Å². The predicted octanol–water partition coefficient (Wildman–Crippen LogP) is 0.713. The van der Waals surface area contributed by atoms with Crippen molar-refractivity contribution in [2.45, 2.75) is 25.8 Å². The van der Waals surface area contributed by atoms with Crippen LogP contribution in [0.25, 0.3) is 0 Å². The average Bonchev–Trinajstić information content (AvgIpc) is 3.18. The molecule has 1 atom stereocenters. The van der Waals surface area contributed by atoms with E-state index in [0.717, 1.165) is 4.88 Å². The number of amides is 2. The number of aromatic nitrogens is 2. The van der Waals surface area contributed by atoms with Crippen LogP contribution >= 0.6 is 11.3 Å². The van der Waals surface area contributed by atoms with Crippen molar-refractivity contribution in [1.29, 1.82) is 0 Å². The Bertz CT molecular complexity index is 800. The minimum Gasteiger partial charge on any atom is -0.351 e. The van der Waals surface area contributed by atoms with E-state index in [0.29, 0.717) is 31.6 Å². The number of H-pyrrole nitrogens is 1. The first-order valence-electron chi connectivity index (χ1n) is 7.70. The largest absolute Gasteiger partial charge is 0.351 e. The van der Waals surface area contributed by atoms with Crippen molar-refractivity contribution in [3.63, 3.8) is 0 Å². The summed E-state index contributed by atoms with van der Waals surface area (Å²) in [6.45, 7) is 2.60. The number of hydrogen-bond donors (Lipinski definition) is 2. The second-order valence-corrected chi connectivity index (χ2v) is 6.86. The molecule has 24 heavy (non-hydrogen) atoms. The highest BCUT2D eigenvalue weighted by atomic mass is 32.1. The zero-order valence-corrected chi connectivity index (χ0v) is 14.1. The molecular weight excluding hydrogens is 328 g/mol. The summed E-state index contributed by atoms with van der Waals surface area (Å²) in [5.41, 5.74) is 0.115. The summed E-state index contributed by atoms with van der Waals surface area (Å²) in [5.74, 6) is -0.450. The molecule has 0 bridgehead atoms. The second kappa shape index (κ2) is 6.96. The molecule has 0 radical (unpaired) electrons. The SMILES string of the molecule is Cc1cc(=O)c(C(=O)N2CC[C@@H](NC(=O)Cc3cccs3)C2)n[nH]1. The summed E-state index contributed by atoms with van der Waals surface area (Å²) in [6.07, 6.45) is 1.02. The molecule has 0 aliphatic carbocycles. The highest BCUT2D eigenvalue weighted by Crippen LogP contribution is 2.13. The third-order valence-electron chi connectivity index (χ3n) is 3.88. The molecule has 126 valence electrons. The lowest BCUT2D eigenvalue weighted by molar-refractivity contribution is -0.121. The van der Waals surface area contributed by atoms with Gasteiger partial charge >= 0.3 is 0 Å². The zero-order valence-electron chi connectivity index (χ0n) is 13.2. The molecule has 7 nitrogen and oxygen atoms in total. The lowest BCUT2D eigenvalue weighted by Crippen LogP contribution is -2.40. The molecule has 1 aliphatic rings. The van der Waals surface area contributed by atoms with Crippen LogP contribution in [0.5, 0.6) is 0 Å². The van der Waals surface area contributed by atoms with E-state index in [1.54, 1.807) is 23.2 Å². The highest BCUT2D eigenvalue weighted by molar-refractivity contribution is 7.10. The molecule has 1 aliphatic heterocycles. The van der Waals surface area contributed by atoms with Gasteiger partial charge in [0.25, 0.3) is 5.91 Å². The number of rotatable bonds is 4. The number of carbonyl (C=O) groups excluding carboxylic acids is 2. The molecule has 8 heteroatoms. The minimum atomic E-state index is -0.397. The zero-order chi connectivity index (χ0) is 17.1. The molecule has 0 unspecified atom stereocenters. The van der Waals surface area contributed by atoms with Gasteiger partial charge in [-0.2, -0.15) is 5.10 Å². The number of likely N-dealkylation sites (tertiary alicyclic amines) is 1. The van der Waals surface area contributed by atoms with Gasteiger partial charge in [-0.25, -0.2) is 0 Å². The molecule has 3 heterocycles. The smallest absolute Gasteiger partial charge is 0.278 e. The lowest BCUT2D eigenvalue weighted by atomic mass is 10.2. The van der Waals surface area contributed by atoms with Crippen LogP contribution in [0.4, 0.5) is 0 Å². The van der Waals surface area contributed by atoms with Crippen LogP contribution in [0, 0.1) is 6.92 Å². The van der Waals surface area contributed by atoms with Gasteiger partial charge in [-0.3, -0.25) is 19.5 Å². The number of thiophene rings is 1. The highest BCUT2D eigenvalue weighted by Gasteiger charge is 2.29. The summed E-state index contributed by atoms with van der Waals surface area (Å²) in [4.78, 5) is 38.9. The van der Waals surface area contributed by atoms with E-state index < -0.39 is 5.91 Å². The van der Waals surface area contributed by atoms with E-state index in [4.69, 9.17) is 0 Å². The molecule has 3 rings (SSSR count). The number of aryl methyl sites for hydroxylation is 1. The van der Waals surface area contributed by atoms with Gasteiger partial charge < -0.3 is 10.2 Å². The third-order valence-corrected chi connectivity index (χ3v) is 4.76. The Morgan fingerprint density at radius 3 is 3.04 bits per heavy atom. The van der Waals surface area contributed by atoms with E-state index in [2.05, 4.69) is 15.5 Å². The quantitative estimate of drug-likeness (QED) is 0.852. The summed E-state index contributed by atoms with van der Waals surface area (Å²) in [7, 11) is 0. The third kappa shape index (κ3) is 3.70. The van der Waals surface area contributed by atoms with Crippen LogP contribution in [0.15, 0.2) is 28.4 Å². The first kappa shape index (κ1) is 16.4. The number of aromatic amines is 1. The standard InChI is InChI=1S/C16H18N4O3S/c1-10-7-13(21)15(19-18-10)16(23)20-5-4-11(9-20)17-14(22)8-12-3-2-6-24-12/h2-3,6-7,11H,4-5,8-9H2,1H3,(H,17,22)(H,18,21)/t11-/m1/s1. The summed E-state index contributed by atoms with van der Waals surface area (Å²) in [6, 6.07) is 5.10. The fraction of sp³-hybridized carbons (Fsp3) is 0.375. The average molecular weight is 346 g/mol. The summed E-state index contributed by atoms with van der Waals surface area (Å²) >= 11 is 1.54. The van der Waals surface area contributed by atoms with Crippen molar-refractivity contribution in [2.75, 3.05) is 13.1 Å². The second-order valence-electron chi connectivity index (χ2n) is 5.82. The normalized spacial score (nSPS) is 17.0. The molecule has 2 N–H and O–H groups in total. The monoisotopic (exact) mass is 346 g/mol. The maximum absolute atomic E-state index is 12.4. The van der Waals surface area contributed by atoms with Crippen LogP contribution in [-0.4, -0.2) is 46.0 Å². The van der Waals surface area contributed by atoms with Gasteiger partial charge in [0.05, 0.1) is 6.42 Å². The van der Waals surface area contributed by atoms with E-state index in [9.17, 15) is 14.4 Å². The number of carbonyl (C=O) groups is 2. The molecule has 2 aromatic rings.